The first-order valence-electron chi connectivity index (χ1n) is 2.31. The van der Waals surface area contributed by atoms with Crippen LogP contribution < -0.4 is 0 Å². The van der Waals surface area contributed by atoms with Crippen LogP contribution in [-0.2, 0) is 19.4 Å². The maximum atomic E-state index is 3.53. The molecule has 0 unspecified atom stereocenters. The van der Waals surface area contributed by atoms with Crippen molar-refractivity contribution < 1.29 is 19.4 Å². The summed E-state index contributed by atoms with van der Waals surface area (Å²) in [6.07, 6.45) is 9.60. The van der Waals surface area contributed by atoms with Crippen molar-refractivity contribution in [3.63, 3.8) is 0 Å². The molecule has 0 aromatic heterocycles. The minimum absolute atomic E-state index is 1.48. The van der Waals surface area contributed by atoms with Gasteiger partial charge in [-0.15, -0.1) is 0 Å². The van der Waals surface area contributed by atoms with Gasteiger partial charge in [0.25, 0.3) is 0 Å². The fourth-order valence-corrected chi connectivity index (χ4v) is 0.578. The molecule has 0 aliphatic rings. The summed E-state index contributed by atoms with van der Waals surface area (Å²) in [5.74, 6) is 0. The van der Waals surface area contributed by atoms with Gasteiger partial charge in [0.15, 0.2) is 0 Å². The van der Waals surface area contributed by atoms with Crippen LogP contribution in [0.1, 0.15) is 0 Å². The van der Waals surface area contributed by atoms with Crippen molar-refractivity contribution in [2.45, 2.75) is 0 Å². The third-order valence-corrected chi connectivity index (χ3v) is 1.11. The van der Waals surface area contributed by atoms with Crippen molar-refractivity contribution in [2.75, 3.05) is 0 Å². The first kappa shape index (κ1) is 7.78. The van der Waals surface area contributed by atoms with Crippen LogP contribution in [0.5, 0.6) is 0 Å². The van der Waals surface area contributed by atoms with Crippen LogP contribution in [0.25, 0.3) is 0 Å². The average molecular weight is 276 g/mol. The molecule has 8 heavy (non-hydrogen) atoms. The van der Waals surface area contributed by atoms with E-state index in [0.29, 0.717) is 0 Å². The topological polar surface area (TPSA) is 0 Å². The first-order valence-corrected chi connectivity index (χ1v) is 4.00. The van der Waals surface area contributed by atoms with E-state index in [2.05, 4.69) is 11.0 Å². The minimum atomic E-state index is 1.48. The molecule has 0 fully saturated rings. The van der Waals surface area contributed by atoms with Crippen molar-refractivity contribution >= 4 is 4.40 Å². The second-order valence-corrected chi connectivity index (χ2v) is 2.12. The standard InChI is InChI=1S/C7H8.W/c1-3-5-7-6-4-2;/h1,3-7H,2H2;/b5-3-,7-6?;. The van der Waals surface area contributed by atoms with E-state index in [-0.39, 0.29) is 0 Å². The summed E-state index contributed by atoms with van der Waals surface area (Å²) in [5.41, 5.74) is 0. The van der Waals surface area contributed by atoms with Gasteiger partial charge in [-0.1, -0.05) is 0 Å². The van der Waals surface area contributed by atoms with Crippen molar-refractivity contribution in [1.29, 1.82) is 0 Å². The van der Waals surface area contributed by atoms with Gasteiger partial charge in [-0.25, -0.2) is 0 Å². The Labute approximate surface area is 61.0 Å². The van der Waals surface area contributed by atoms with Crippen molar-refractivity contribution in [2.24, 2.45) is 0 Å². The molecule has 0 N–H and O–H groups in total. The summed E-state index contributed by atoms with van der Waals surface area (Å²) >= 11 is 1.48. The van der Waals surface area contributed by atoms with Gasteiger partial charge in [-0.3, -0.25) is 0 Å². The molecule has 0 amide bonds. The molecule has 0 saturated heterocycles. The van der Waals surface area contributed by atoms with Gasteiger partial charge < -0.3 is 0 Å². The number of hydrogen-bond acceptors (Lipinski definition) is 0. The van der Waals surface area contributed by atoms with Gasteiger partial charge >= 0.3 is 60.7 Å². The molecule has 42 valence electrons. The zero-order chi connectivity index (χ0) is 6.24. The van der Waals surface area contributed by atoms with Crippen LogP contribution in [0.3, 0.4) is 0 Å². The Morgan fingerprint density at radius 3 is 2.12 bits per heavy atom. The predicted molar refractivity (Wildman–Crippen MR) is 34.5 cm³/mol. The first-order chi connectivity index (χ1) is 3.91. The molecule has 0 aliphatic heterocycles. The van der Waals surface area contributed by atoms with Gasteiger partial charge in [0.2, 0.25) is 0 Å². The third-order valence-electron chi connectivity index (χ3n) is 0.548. The SMILES string of the molecule is C=CC=C/C=C\[CH]=[W]. The molecule has 1 heteroatoms. The van der Waals surface area contributed by atoms with Crippen molar-refractivity contribution in [1.82, 2.24) is 0 Å². The second-order valence-electron chi connectivity index (χ2n) is 1.14. The maximum absolute atomic E-state index is 3.53. The Bertz CT molecular complexity index is 104. The summed E-state index contributed by atoms with van der Waals surface area (Å²) in [4.78, 5) is 0. The Balaban J connectivity index is 3.41. The van der Waals surface area contributed by atoms with Gasteiger partial charge in [0.05, 0.1) is 0 Å². The van der Waals surface area contributed by atoms with Gasteiger partial charge in [-0.05, 0) is 0 Å². The molecule has 0 nitrogen and oxygen atoms in total. The van der Waals surface area contributed by atoms with Crippen molar-refractivity contribution in [3.8, 4) is 0 Å². The number of hydrogen-bond donors (Lipinski definition) is 0. The van der Waals surface area contributed by atoms with E-state index >= 15 is 0 Å². The monoisotopic (exact) mass is 276 g/mol. The molecular weight excluding hydrogens is 268 g/mol. The van der Waals surface area contributed by atoms with Crippen molar-refractivity contribution in [3.05, 3.63) is 37.0 Å². The molecule has 0 heterocycles. The molecule has 0 saturated carbocycles. The van der Waals surface area contributed by atoms with Crippen LogP contribution in [0, 0.1) is 0 Å². The molecule has 0 rings (SSSR count). The summed E-state index contributed by atoms with van der Waals surface area (Å²) in [6.45, 7) is 3.53. The summed E-state index contributed by atoms with van der Waals surface area (Å²) < 4.78 is 2.06. The van der Waals surface area contributed by atoms with E-state index < -0.39 is 0 Å². The normalized spacial score (nSPS) is 10.5. The number of rotatable bonds is 3. The second kappa shape index (κ2) is 6.78. The van der Waals surface area contributed by atoms with E-state index in [9.17, 15) is 0 Å². The molecule has 0 bridgehead atoms. The molecule has 0 aromatic rings. The molecule has 0 radical (unpaired) electrons. The van der Waals surface area contributed by atoms with Crippen LogP contribution in [0.15, 0.2) is 37.0 Å². The quantitative estimate of drug-likeness (QED) is 0.687. The van der Waals surface area contributed by atoms with E-state index in [0.717, 1.165) is 0 Å². The molecule has 0 atom stereocenters. The molecule has 0 aliphatic carbocycles. The van der Waals surface area contributed by atoms with E-state index in [4.69, 9.17) is 0 Å². The Hall–Kier alpha value is -0.222. The van der Waals surface area contributed by atoms with Gasteiger partial charge in [0, 0.05) is 0 Å². The van der Waals surface area contributed by atoms with Gasteiger partial charge in [-0.2, -0.15) is 0 Å². The fraction of sp³-hybridized carbons (Fsp3) is 0. The fourth-order valence-electron chi connectivity index (χ4n) is 0.252. The zero-order valence-electron chi connectivity index (χ0n) is 4.58. The zero-order valence-corrected chi connectivity index (χ0v) is 7.51. The van der Waals surface area contributed by atoms with E-state index in [1.54, 1.807) is 6.08 Å². The Kier molecular flexibility index (Phi) is 6.59. The van der Waals surface area contributed by atoms with Crippen LogP contribution >= 0.6 is 0 Å². The Morgan fingerprint density at radius 2 is 1.62 bits per heavy atom. The van der Waals surface area contributed by atoms with Crippen LogP contribution in [0.4, 0.5) is 0 Å². The van der Waals surface area contributed by atoms with Crippen LogP contribution in [0.2, 0.25) is 0 Å². The molecule has 0 spiro atoms. The molecule has 0 aromatic carbocycles. The molecular formula is C7H8W. The summed E-state index contributed by atoms with van der Waals surface area (Å²) in [7, 11) is 0. The van der Waals surface area contributed by atoms with E-state index in [1.807, 2.05) is 24.3 Å². The summed E-state index contributed by atoms with van der Waals surface area (Å²) in [5, 5.41) is 0. The Morgan fingerprint density at radius 1 is 1.00 bits per heavy atom. The number of allylic oxidation sites excluding steroid dienone is 5. The predicted octanol–water partition coefficient (Wildman–Crippen LogP) is 1.63. The summed E-state index contributed by atoms with van der Waals surface area (Å²) in [6, 6.07) is 0. The van der Waals surface area contributed by atoms with Gasteiger partial charge in [0.1, 0.15) is 0 Å². The van der Waals surface area contributed by atoms with E-state index in [1.165, 1.54) is 19.4 Å². The van der Waals surface area contributed by atoms with Crippen LogP contribution in [-0.4, -0.2) is 4.40 Å². The third kappa shape index (κ3) is 5.78. The average Bonchev–Trinajstić information content (AvgIpc) is 1.81.